The van der Waals surface area contributed by atoms with Gasteiger partial charge in [-0.05, 0) is 31.2 Å². The van der Waals surface area contributed by atoms with E-state index in [1.165, 1.54) is 0 Å². The van der Waals surface area contributed by atoms with Crippen LogP contribution < -0.4 is 10.1 Å². The lowest BCUT2D eigenvalue weighted by Gasteiger charge is -2.35. The van der Waals surface area contributed by atoms with Crippen molar-refractivity contribution < 1.29 is 14.6 Å². The summed E-state index contributed by atoms with van der Waals surface area (Å²) in [6.07, 6.45) is -0.394. The quantitative estimate of drug-likeness (QED) is 0.900. The Hall–Kier alpha value is -2.40. The normalized spacial score (nSPS) is 16.7. The van der Waals surface area contributed by atoms with Crippen molar-refractivity contribution in [2.24, 2.45) is 0 Å². The predicted molar refractivity (Wildman–Crippen MR) is 89.2 cm³/mol. The lowest BCUT2D eigenvalue weighted by molar-refractivity contribution is 0.0735. The number of nitrogens with one attached hydrogen (secondary N) is 1. The number of carbonyl (C=O) groups is 1. The number of hydrogen-bond donors (Lipinski definition) is 2. The zero-order valence-electron chi connectivity index (χ0n) is 12.8. The molecule has 2 N–H and O–H groups in total. The van der Waals surface area contributed by atoms with Crippen molar-refractivity contribution in [3.8, 4) is 11.5 Å². The molecule has 2 aromatic carbocycles. The molecule has 0 aromatic heterocycles. The van der Waals surface area contributed by atoms with Crippen LogP contribution in [0.4, 0.5) is 5.69 Å². The molecule has 1 atom stereocenters. The molecule has 1 aliphatic heterocycles. The number of phenolic OH excluding ortho intramolecular Hbond substituents is 1. The minimum absolute atomic E-state index is 0.0773. The maximum atomic E-state index is 12.5. The van der Waals surface area contributed by atoms with Crippen LogP contribution in [0, 0.1) is 0 Å². The van der Waals surface area contributed by atoms with Gasteiger partial charge < -0.3 is 20.1 Å². The van der Waals surface area contributed by atoms with Gasteiger partial charge >= 0.3 is 0 Å². The lowest BCUT2D eigenvalue weighted by Crippen LogP contribution is -2.40. The molecule has 0 fully saturated rings. The SMILES string of the molecule is CCOc1cc([C@H]2Nc3ccccc3C(=O)N2C)cc(Cl)c1O. The van der Waals surface area contributed by atoms with Gasteiger partial charge in [0.05, 0.1) is 17.2 Å². The van der Waals surface area contributed by atoms with Crippen molar-refractivity contribution in [1.82, 2.24) is 4.90 Å². The number of amides is 1. The summed E-state index contributed by atoms with van der Waals surface area (Å²) in [5.74, 6) is 0.130. The molecule has 0 aliphatic carbocycles. The van der Waals surface area contributed by atoms with Crippen molar-refractivity contribution >= 4 is 23.2 Å². The maximum Gasteiger partial charge on any atom is 0.257 e. The van der Waals surface area contributed by atoms with Crippen molar-refractivity contribution in [2.75, 3.05) is 19.0 Å². The molecule has 0 saturated heterocycles. The van der Waals surface area contributed by atoms with E-state index in [1.807, 2.05) is 25.1 Å². The minimum atomic E-state index is -0.394. The van der Waals surface area contributed by atoms with E-state index >= 15 is 0 Å². The number of aromatic hydroxyl groups is 1. The van der Waals surface area contributed by atoms with E-state index in [-0.39, 0.29) is 16.7 Å². The Morgan fingerprint density at radius 1 is 1.35 bits per heavy atom. The molecule has 0 radical (unpaired) electrons. The number of rotatable bonds is 3. The molecule has 0 saturated carbocycles. The molecule has 23 heavy (non-hydrogen) atoms. The predicted octanol–water partition coefficient (Wildman–Crippen LogP) is 3.64. The van der Waals surface area contributed by atoms with Gasteiger partial charge in [0.15, 0.2) is 11.5 Å². The number of benzene rings is 2. The summed E-state index contributed by atoms with van der Waals surface area (Å²) in [7, 11) is 1.72. The van der Waals surface area contributed by atoms with Gasteiger partial charge in [-0.1, -0.05) is 23.7 Å². The van der Waals surface area contributed by atoms with Crippen molar-refractivity contribution in [3.05, 3.63) is 52.5 Å². The Morgan fingerprint density at radius 3 is 2.83 bits per heavy atom. The molecule has 3 rings (SSSR count). The van der Waals surface area contributed by atoms with E-state index in [9.17, 15) is 9.90 Å². The first-order chi connectivity index (χ1) is 11.0. The summed E-state index contributed by atoms with van der Waals surface area (Å²) in [6.45, 7) is 2.23. The van der Waals surface area contributed by atoms with Crippen LogP contribution in [0.2, 0.25) is 5.02 Å². The third-order valence-corrected chi connectivity index (χ3v) is 4.11. The van der Waals surface area contributed by atoms with Crippen LogP contribution in [0.1, 0.15) is 29.0 Å². The fraction of sp³-hybridized carbons (Fsp3) is 0.235. The average Bonchev–Trinajstić information content (AvgIpc) is 2.55. The fourth-order valence-corrected chi connectivity index (χ4v) is 2.89. The van der Waals surface area contributed by atoms with Crippen LogP contribution in [0.5, 0.6) is 11.5 Å². The Labute approximate surface area is 139 Å². The summed E-state index contributed by atoms with van der Waals surface area (Å²) in [6, 6.07) is 10.7. The second kappa shape index (κ2) is 6.01. The molecule has 1 amide bonds. The lowest BCUT2D eigenvalue weighted by atomic mass is 10.0. The number of carbonyl (C=O) groups excluding carboxylic acids is 1. The molecular weight excluding hydrogens is 316 g/mol. The highest BCUT2D eigenvalue weighted by Gasteiger charge is 2.30. The molecule has 120 valence electrons. The average molecular weight is 333 g/mol. The summed E-state index contributed by atoms with van der Waals surface area (Å²) in [5.41, 5.74) is 2.13. The third kappa shape index (κ3) is 2.68. The van der Waals surface area contributed by atoms with Crippen LogP contribution in [0.15, 0.2) is 36.4 Å². The Balaban J connectivity index is 2.04. The first kappa shape index (κ1) is 15.5. The standard InChI is InChI=1S/C17H17ClN2O3/c1-3-23-14-9-10(8-12(18)15(14)21)16-19-13-7-5-4-6-11(13)17(22)20(16)2/h4-9,16,19,21H,3H2,1-2H3/t16-/m0/s1. The molecule has 1 aliphatic rings. The van der Waals surface area contributed by atoms with Crippen molar-refractivity contribution in [1.29, 1.82) is 0 Å². The molecular formula is C17H17ClN2O3. The van der Waals surface area contributed by atoms with Crippen molar-refractivity contribution in [3.63, 3.8) is 0 Å². The summed E-state index contributed by atoms with van der Waals surface area (Å²) >= 11 is 6.10. The van der Waals surface area contributed by atoms with Gasteiger partial charge in [0, 0.05) is 18.3 Å². The van der Waals surface area contributed by atoms with Crippen molar-refractivity contribution in [2.45, 2.75) is 13.1 Å². The number of hydrogen-bond acceptors (Lipinski definition) is 4. The number of para-hydroxylation sites is 1. The Bertz CT molecular complexity index is 763. The number of fused-ring (bicyclic) bond motifs is 1. The van der Waals surface area contributed by atoms with Gasteiger partial charge in [-0.2, -0.15) is 0 Å². The van der Waals surface area contributed by atoms with Gasteiger partial charge in [0.25, 0.3) is 5.91 Å². The van der Waals surface area contributed by atoms with Crippen LogP contribution in [0.25, 0.3) is 0 Å². The van der Waals surface area contributed by atoms with Crippen LogP contribution in [0.3, 0.4) is 0 Å². The van der Waals surface area contributed by atoms with E-state index in [4.69, 9.17) is 16.3 Å². The highest BCUT2D eigenvalue weighted by Crippen LogP contribution is 2.40. The van der Waals surface area contributed by atoms with Crippen LogP contribution >= 0.6 is 11.6 Å². The zero-order chi connectivity index (χ0) is 16.6. The maximum absolute atomic E-state index is 12.5. The van der Waals surface area contributed by atoms with Gasteiger partial charge in [0.2, 0.25) is 0 Å². The summed E-state index contributed by atoms with van der Waals surface area (Å²) < 4.78 is 5.41. The smallest absolute Gasteiger partial charge is 0.257 e. The van der Waals surface area contributed by atoms with E-state index < -0.39 is 6.17 Å². The molecule has 2 aromatic rings. The van der Waals surface area contributed by atoms with Gasteiger partial charge in [-0.3, -0.25) is 4.79 Å². The molecule has 0 bridgehead atoms. The summed E-state index contributed by atoms with van der Waals surface area (Å²) in [4.78, 5) is 14.1. The highest BCUT2D eigenvalue weighted by atomic mass is 35.5. The number of anilines is 1. The molecule has 6 heteroatoms. The molecule has 5 nitrogen and oxygen atoms in total. The second-order valence-corrected chi connectivity index (χ2v) is 5.70. The molecule has 0 spiro atoms. The Kier molecular flexibility index (Phi) is 4.05. The number of nitrogens with zero attached hydrogens (tertiary/aromatic N) is 1. The van der Waals surface area contributed by atoms with Crippen LogP contribution in [-0.4, -0.2) is 29.6 Å². The summed E-state index contributed by atoms with van der Waals surface area (Å²) in [5, 5.41) is 13.5. The largest absolute Gasteiger partial charge is 0.503 e. The fourth-order valence-electron chi connectivity index (χ4n) is 2.67. The number of ether oxygens (including phenoxy) is 1. The van der Waals surface area contributed by atoms with Gasteiger partial charge in [-0.15, -0.1) is 0 Å². The minimum Gasteiger partial charge on any atom is -0.503 e. The number of phenols is 1. The van der Waals surface area contributed by atoms with E-state index in [0.29, 0.717) is 17.9 Å². The topological polar surface area (TPSA) is 61.8 Å². The van der Waals surface area contributed by atoms with Crippen LogP contribution in [-0.2, 0) is 0 Å². The zero-order valence-corrected chi connectivity index (χ0v) is 13.6. The molecule has 0 unspecified atom stereocenters. The second-order valence-electron chi connectivity index (χ2n) is 5.29. The van der Waals surface area contributed by atoms with E-state index in [0.717, 1.165) is 11.3 Å². The highest BCUT2D eigenvalue weighted by molar-refractivity contribution is 6.32. The van der Waals surface area contributed by atoms with Gasteiger partial charge in [-0.25, -0.2) is 0 Å². The first-order valence-electron chi connectivity index (χ1n) is 7.31. The first-order valence-corrected chi connectivity index (χ1v) is 7.68. The Morgan fingerprint density at radius 2 is 2.09 bits per heavy atom. The number of halogens is 1. The monoisotopic (exact) mass is 332 g/mol. The van der Waals surface area contributed by atoms with Gasteiger partial charge in [0.1, 0.15) is 6.17 Å². The molecule has 1 heterocycles. The third-order valence-electron chi connectivity index (χ3n) is 3.82. The van der Waals surface area contributed by atoms with E-state index in [1.54, 1.807) is 30.1 Å². The van der Waals surface area contributed by atoms with E-state index in [2.05, 4.69) is 5.32 Å².